The van der Waals surface area contributed by atoms with Gasteiger partial charge in [-0.2, -0.15) is 4.31 Å². The van der Waals surface area contributed by atoms with Crippen molar-refractivity contribution in [2.75, 3.05) is 56.1 Å². The van der Waals surface area contributed by atoms with Crippen LogP contribution in [0.2, 0.25) is 0 Å². The van der Waals surface area contributed by atoms with Gasteiger partial charge in [-0.15, -0.1) is 0 Å². The largest absolute Gasteiger partial charge is 0.450 e. The second kappa shape index (κ2) is 11.9. The van der Waals surface area contributed by atoms with E-state index in [1.807, 2.05) is 13.8 Å². The quantitative estimate of drug-likeness (QED) is 0.594. The Labute approximate surface area is 203 Å². The highest BCUT2D eigenvalue weighted by Gasteiger charge is 2.30. The molecule has 2 aliphatic rings. The van der Waals surface area contributed by atoms with Gasteiger partial charge in [0.15, 0.2) is 0 Å². The van der Waals surface area contributed by atoms with E-state index in [-0.39, 0.29) is 22.8 Å². The molecule has 1 N–H and O–H groups in total. The molecular formula is C24H38N4O5S. The number of benzene rings is 1. The summed E-state index contributed by atoms with van der Waals surface area (Å²) >= 11 is 0. The van der Waals surface area contributed by atoms with Gasteiger partial charge >= 0.3 is 6.09 Å². The van der Waals surface area contributed by atoms with Crippen LogP contribution in [-0.4, -0.2) is 75.5 Å². The molecule has 0 radical (unpaired) electrons. The lowest BCUT2D eigenvalue weighted by molar-refractivity contribution is -0.121. The summed E-state index contributed by atoms with van der Waals surface area (Å²) in [5.41, 5.74) is 1.32. The number of nitrogens with one attached hydrogen (secondary N) is 1. The second-order valence-corrected chi connectivity index (χ2v) is 10.7. The topological polar surface area (TPSA) is 99.3 Å². The molecule has 3 rings (SSSR count). The van der Waals surface area contributed by atoms with Gasteiger partial charge in [0.1, 0.15) is 0 Å². The maximum absolute atomic E-state index is 13.3. The summed E-state index contributed by atoms with van der Waals surface area (Å²) in [5, 5.41) is 3.02. The number of hydrogen-bond acceptors (Lipinski definition) is 6. The van der Waals surface area contributed by atoms with E-state index in [0.29, 0.717) is 51.3 Å². The summed E-state index contributed by atoms with van der Waals surface area (Å²) in [6, 6.07) is 5.04. The molecule has 0 aromatic heterocycles. The standard InChI is InChI=1S/C24H38N4O5S/c1-4-26(5-2)22-11-10-20(34(31,32)28-14-8-7-9-15-28)18-21(22)25-23(29)19-12-16-27(17-13-19)24(30)33-6-3/h10-11,18-19H,4-9,12-17H2,1-3H3,(H,25,29). The van der Waals surface area contributed by atoms with Crippen molar-refractivity contribution in [2.45, 2.75) is 57.8 Å². The van der Waals surface area contributed by atoms with Crippen molar-refractivity contribution in [2.24, 2.45) is 5.92 Å². The summed E-state index contributed by atoms with van der Waals surface area (Å²) in [5.74, 6) is -0.401. The van der Waals surface area contributed by atoms with Crippen molar-refractivity contribution >= 4 is 33.4 Å². The molecule has 0 atom stereocenters. The number of likely N-dealkylation sites (tertiary alicyclic amines) is 1. The van der Waals surface area contributed by atoms with Crippen molar-refractivity contribution in [1.82, 2.24) is 9.21 Å². The van der Waals surface area contributed by atoms with Crippen molar-refractivity contribution in [3.8, 4) is 0 Å². The van der Waals surface area contributed by atoms with Crippen LogP contribution in [0.3, 0.4) is 0 Å². The summed E-state index contributed by atoms with van der Waals surface area (Å²) < 4.78 is 33.1. The van der Waals surface area contributed by atoms with E-state index < -0.39 is 10.0 Å². The molecule has 9 nitrogen and oxygen atoms in total. The van der Waals surface area contributed by atoms with E-state index in [0.717, 1.165) is 38.0 Å². The van der Waals surface area contributed by atoms with Crippen LogP contribution >= 0.6 is 0 Å². The fourth-order valence-electron chi connectivity index (χ4n) is 4.64. The van der Waals surface area contributed by atoms with Gasteiger partial charge in [0.05, 0.1) is 22.9 Å². The zero-order valence-electron chi connectivity index (χ0n) is 20.6. The minimum Gasteiger partial charge on any atom is -0.450 e. The first-order chi connectivity index (χ1) is 16.3. The normalized spacial score (nSPS) is 17.9. The minimum absolute atomic E-state index is 0.149. The average Bonchev–Trinajstić information content (AvgIpc) is 2.86. The number of rotatable bonds is 8. The highest BCUT2D eigenvalue weighted by molar-refractivity contribution is 7.89. The summed E-state index contributed by atoms with van der Waals surface area (Å²) in [4.78, 5) is 29.0. The summed E-state index contributed by atoms with van der Waals surface area (Å²) in [7, 11) is -3.62. The molecule has 0 saturated carbocycles. The van der Waals surface area contributed by atoms with Crippen LogP contribution in [0.5, 0.6) is 0 Å². The first-order valence-corrected chi connectivity index (χ1v) is 13.9. The molecule has 2 aliphatic heterocycles. The fourth-order valence-corrected chi connectivity index (χ4v) is 6.19. The van der Waals surface area contributed by atoms with E-state index >= 15 is 0 Å². The fraction of sp³-hybridized carbons (Fsp3) is 0.667. The van der Waals surface area contributed by atoms with Gasteiger partial charge in [-0.1, -0.05) is 6.42 Å². The molecule has 1 aromatic rings. The molecule has 2 saturated heterocycles. The molecule has 0 spiro atoms. The summed E-state index contributed by atoms with van der Waals surface area (Å²) in [6.45, 7) is 9.59. The minimum atomic E-state index is -3.62. The Balaban J connectivity index is 1.80. The molecule has 34 heavy (non-hydrogen) atoms. The second-order valence-electron chi connectivity index (χ2n) is 8.77. The maximum atomic E-state index is 13.3. The van der Waals surface area contributed by atoms with Crippen LogP contribution < -0.4 is 10.2 Å². The van der Waals surface area contributed by atoms with E-state index in [1.54, 1.807) is 34.3 Å². The van der Waals surface area contributed by atoms with Crippen LogP contribution in [0.15, 0.2) is 23.1 Å². The predicted octanol–water partition coefficient (Wildman–Crippen LogP) is 3.51. The Morgan fingerprint density at radius 1 is 1.03 bits per heavy atom. The Morgan fingerprint density at radius 2 is 1.68 bits per heavy atom. The van der Waals surface area contributed by atoms with Gasteiger partial charge in [0.2, 0.25) is 15.9 Å². The lowest BCUT2D eigenvalue weighted by atomic mass is 9.96. The Morgan fingerprint density at radius 3 is 2.26 bits per heavy atom. The summed E-state index contributed by atoms with van der Waals surface area (Å²) in [6.07, 6.45) is 3.51. The third-order valence-corrected chi connectivity index (χ3v) is 8.57. The molecule has 0 aliphatic carbocycles. The lowest BCUT2D eigenvalue weighted by Gasteiger charge is -2.31. The number of carbonyl (C=O) groups is 2. The van der Waals surface area contributed by atoms with Crippen LogP contribution in [0.25, 0.3) is 0 Å². The molecule has 0 unspecified atom stereocenters. The zero-order valence-corrected chi connectivity index (χ0v) is 21.4. The van der Waals surface area contributed by atoms with Crippen LogP contribution in [0.1, 0.15) is 52.9 Å². The van der Waals surface area contributed by atoms with Crippen molar-refractivity contribution in [3.63, 3.8) is 0 Å². The Hall–Kier alpha value is -2.33. The molecular weight excluding hydrogens is 456 g/mol. The number of hydrogen-bond donors (Lipinski definition) is 1. The third-order valence-electron chi connectivity index (χ3n) is 6.67. The van der Waals surface area contributed by atoms with Gasteiger partial charge in [-0.05, 0) is 64.7 Å². The molecule has 190 valence electrons. The molecule has 2 fully saturated rings. The molecule has 2 heterocycles. The maximum Gasteiger partial charge on any atom is 0.409 e. The van der Waals surface area contributed by atoms with Crippen LogP contribution in [0, 0.1) is 5.92 Å². The number of carbonyl (C=O) groups excluding carboxylic acids is 2. The van der Waals surface area contributed by atoms with Crippen molar-refractivity contribution in [3.05, 3.63) is 18.2 Å². The van der Waals surface area contributed by atoms with E-state index in [1.165, 1.54) is 0 Å². The van der Waals surface area contributed by atoms with E-state index in [4.69, 9.17) is 4.74 Å². The van der Waals surface area contributed by atoms with Gasteiger partial charge in [0, 0.05) is 45.2 Å². The van der Waals surface area contributed by atoms with Crippen molar-refractivity contribution < 1.29 is 22.7 Å². The van der Waals surface area contributed by atoms with Gasteiger partial charge in [-0.3, -0.25) is 4.79 Å². The van der Waals surface area contributed by atoms with Crippen molar-refractivity contribution in [1.29, 1.82) is 0 Å². The highest BCUT2D eigenvalue weighted by Crippen LogP contribution is 2.32. The first-order valence-electron chi connectivity index (χ1n) is 12.4. The number of ether oxygens (including phenoxy) is 1. The Kier molecular flexibility index (Phi) is 9.18. The number of nitrogens with zero attached hydrogens (tertiary/aromatic N) is 3. The third kappa shape index (κ3) is 6.02. The van der Waals surface area contributed by atoms with Crippen LogP contribution in [-0.2, 0) is 19.6 Å². The number of sulfonamides is 1. The zero-order chi connectivity index (χ0) is 24.7. The molecule has 1 aromatic carbocycles. The monoisotopic (exact) mass is 494 g/mol. The number of piperidine rings is 2. The highest BCUT2D eigenvalue weighted by atomic mass is 32.2. The van der Waals surface area contributed by atoms with E-state index in [2.05, 4.69) is 10.2 Å². The number of amides is 2. The van der Waals surface area contributed by atoms with Crippen LogP contribution in [0.4, 0.5) is 16.2 Å². The smallest absolute Gasteiger partial charge is 0.409 e. The SMILES string of the molecule is CCOC(=O)N1CCC(C(=O)Nc2cc(S(=O)(=O)N3CCCCC3)ccc2N(CC)CC)CC1. The predicted molar refractivity (Wildman–Crippen MR) is 133 cm³/mol. The van der Waals surface area contributed by atoms with Gasteiger partial charge in [0.25, 0.3) is 0 Å². The molecule has 2 amide bonds. The average molecular weight is 495 g/mol. The van der Waals surface area contributed by atoms with Gasteiger partial charge in [-0.25, -0.2) is 13.2 Å². The van der Waals surface area contributed by atoms with E-state index in [9.17, 15) is 18.0 Å². The molecule has 0 bridgehead atoms. The Bertz CT molecular complexity index is 950. The molecule has 10 heteroatoms. The van der Waals surface area contributed by atoms with Gasteiger partial charge < -0.3 is 19.9 Å². The first kappa shape index (κ1) is 26.3. The lowest BCUT2D eigenvalue weighted by Crippen LogP contribution is -2.41. The number of anilines is 2.